The fourth-order valence-electron chi connectivity index (χ4n) is 3.13. The predicted octanol–water partition coefficient (Wildman–Crippen LogP) is 0.882. The van der Waals surface area contributed by atoms with E-state index < -0.39 is 9.84 Å². The van der Waals surface area contributed by atoms with Gasteiger partial charge in [0.15, 0.2) is 0 Å². The lowest BCUT2D eigenvalue weighted by Gasteiger charge is -2.42. The maximum absolute atomic E-state index is 11.4. The third-order valence-electron chi connectivity index (χ3n) is 4.61. The highest BCUT2D eigenvalue weighted by Gasteiger charge is 2.32. The lowest BCUT2D eigenvalue weighted by atomic mass is 9.89. The van der Waals surface area contributed by atoms with Crippen molar-refractivity contribution < 1.29 is 8.42 Å². The van der Waals surface area contributed by atoms with Crippen LogP contribution in [0.1, 0.15) is 33.1 Å². The summed E-state index contributed by atoms with van der Waals surface area (Å²) in [5, 5.41) is 3.71. The molecule has 1 N–H and O–H groups in total. The van der Waals surface area contributed by atoms with E-state index in [1.165, 1.54) is 6.42 Å². The molecule has 2 heterocycles. The maximum atomic E-state index is 11.4. The third kappa shape index (κ3) is 3.45. The summed E-state index contributed by atoms with van der Waals surface area (Å²) in [6, 6.07) is 1.56. The molecule has 2 fully saturated rings. The minimum absolute atomic E-state index is 0.362. The Labute approximate surface area is 111 Å². The molecule has 0 spiro atoms. The Morgan fingerprint density at radius 2 is 1.78 bits per heavy atom. The fraction of sp³-hybridized carbons (Fsp3) is 1.00. The first-order valence-electron chi connectivity index (χ1n) is 7.04. The van der Waals surface area contributed by atoms with Gasteiger partial charge in [0.1, 0.15) is 9.84 Å². The molecule has 106 valence electrons. The minimum atomic E-state index is -2.74. The molecular weight excluding hydrogens is 248 g/mol. The standard InChI is InChI=1S/C13H26N2O2S/c1-10-9-15(3)11(2)8-13(10)14-12-4-6-18(16,17)7-5-12/h10-14H,4-9H2,1-3H3. The smallest absolute Gasteiger partial charge is 0.150 e. The SMILES string of the molecule is CC1CN(C)C(C)CC1NC1CCS(=O)(=O)CC1. The first-order valence-corrected chi connectivity index (χ1v) is 8.86. The molecule has 3 atom stereocenters. The molecule has 5 heteroatoms. The minimum Gasteiger partial charge on any atom is -0.311 e. The van der Waals surface area contributed by atoms with Gasteiger partial charge >= 0.3 is 0 Å². The Bertz CT molecular complexity index is 368. The molecule has 0 radical (unpaired) electrons. The van der Waals surface area contributed by atoms with Crippen molar-refractivity contribution in [3.05, 3.63) is 0 Å². The van der Waals surface area contributed by atoms with Crippen molar-refractivity contribution in [2.24, 2.45) is 5.92 Å². The van der Waals surface area contributed by atoms with Crippen molar-refractivity contribution in [1.29, 1.82) is 0 Å². The molecule has 3 unspecified atom stereocenters. The summed E-state index contributed by atoms with van der Waals surface area (Å²) < 4.78 is 22.8. The van der Waals surface area contributed by atoms with Crippen molar-refractivity contribution in [3.63, 3.8) is 0 Å². The number of hydrogen-bond acceptors (Lipinski definition) is 4. The zero-order chi connectivity index (χ0) is 13.3. The van der Waals surface area contributed by atoms with Crippen molar-refractivity contribution in [3.8, 4) is 0 Å². The second kappa shape index (κ2) is 5.47. The lowest BCUT2D eigenvalue weighted by Crippen LogP contribution is -2.54. The van der Waals surface area contributed by atoms with E-state index in [0.717, 1.165) is 19.4 Å². The number of nitrogens with zero attached hydrogens (tertiary/aromatic N) is 1. The second-order valence-corrected chi connectivity index (χ2v) is 8.50. The molecule has 0 saturated carbocycles. The highest BCUT2D eigenvalue weighted by atomic mass is 32.2. The first kappa shape index (κ1) is 14.3. The zero-order valence-corrected chi connectivity index (χ0v) is 12.5. The van der Waals surface area contributed by atoms with Crippen LogP contribution >= 0.6 is 0 Å². The molecule has 0 amide bonds. The van der Waals surface area contributed by atoms with Crippen molar-refractivity contribution >= 4 is 9.84 Å². The zero-order valence-electron chi connectivity index (χ0n) is 11.7. The topological polar surface area (TPSA) is 49.4 Å². The Morgan fingerprint density at radius 1 is 1.17 bits per heavy atom. The molecule has 0 aromatic heterocycles. The molecule has 2 aliphatic rings. The number of rotatable bonds is 2. The lowest BCUT2D eigenvalue weighted by molar-refractivity contribution is 0.114. The monoisotopic (exact) mass is 274 g/mol. The molecule has 18 heavy (non-hydrogen) atoms. The van der Waals surface area contributed by atoms with Crippen LogP contribution < -0.4 is 5.32 Å². The van der Waals surface area contributed by atoms with Crippen LogP contribution in [0.4, 0.5) is 0 Å². The molecule has 2 saturated heterocycles. The van der Waals surface area contributed by atoms with Gasteiger partial charge in [-0.2, -0.15) is 0 Å². The van der Waals surface area contributed by atoms with E-state index in [2.05, 4.69) is 31.1 Å². The van der Waals surface area contributed by atoms with Crippen LogP contribution in [0.5, 0.6) is 0 Å². The van der Waals surface area contributed by atoms with Gasteiger partial charge in [-0.05, 0) is 39.2 Å². The van der Waals surface area contributed by atoms with Gasteiger partial charge in [0.25, 0.3) is 0 Å². The van der Waals surface area contributed by atoms with E-state index in [-0.39, 0.29) is 0 Å². The molecule has 0 aromatic rings. The Kier molecular flexibility index (Phi) is 4.34. The molecule has 0 aromatic carbocycles. The van der Waals surface area contributed by atoms with Crippen molar-refractivity contribution in [2.75, 3.05) is 25.1 Å². The number of hydrogen-bond donors (Lipinski definition) is 1. The van der Waals surface area contributed by atoms with Gasteiger partial charge in [0.2, 0.25) is 0 Å². The summed E-state index contributed by atoms with van der Waals surface area (Å²) in [6.07, 6.45) is 2.74. The molecular formula is C13H26N2O2S. The summed E-state index contributed by atoms with van der Waals surface area (Å²) in [5.41, 5.74) is 0. The fourth-order valence-corrected chi connectivity index (χ4v) is 4.62. The summed E-state index contributed by atoms with van der Waals surface area (Å²) in [4.78, 5) is 2.41. The normalized spacial score (nSPS) is 38.7. The van der Waals surface area contributed by atoms with Crippen molar-refractivity contribution in [1.82, 2.24) is 10.2 Å². The van der Waals surface area contributed by atoms with Gasteiger partial charge in [-0.3, -0.25) is 0 Å². The van der Waals surface area contributed by atoms with Crippen LogP contribution in [0.15, 0.2) is 0 Å². The number of nitrogens with one attached hydrogen (secondary N) is 1. The van der Waals surface area contributed by atoms with Gasteiger partial charge in [-0.25, -0.2) is 8.42 Å². The number of piperidine rings is 1. The highest BCUT2D eigenvalue weighted by Crippen LogP contribution is 2.23. The Balaban J connectivity index is 1.86. The van der Waals surface area contributed by atoms with Gasteiger partial charge in [0.05, 0.1) is 11.5 Å². The van der Waals surface area contributed by atoms with Gasteiger partial charge in [-0.15, -0.1) is 0 Å². The molecule has 2 rings (SSSR count). The summed E-state index contributed by atoms with van der Waals surface area (Å²) in [6.45, 7) is 5.69. The second-order valence-electron chi connectivity index (χ2n) is 6.20. The van der Waals surface area contributed by atoms with Crippen LogP contribution in [0.3, 0.4) is 0 Å². The number of sulfone groups is 1. The van der Waals surface area contributed by atoms with Crippen LogP contribution in [0.25, 0.3) is 0 Å². The maximum Gasteiger partial charge on any atom is 0.150 e. The van der Waals surface area contributed by atoms with E-state index in [4.69, 9.17) is 0 Å². The Hall–Kier alpha value is -0.130. The van der Waals surface area contributed by atoms with Gasteiger partial charge in [-0.1, -0.05) is 6.92 Å². The summed E-state index contributed by atoms with van der Waals surface area (Å²) in [7, 11) is -0.553. The average molecular weight is 274 g/mol. The summed E-state index contributed by atoms with van der Waals surface area (Å²) in [5.74, 6) is 1.37. The van der Waals surface area contributed by atoms with Crippen molar-refractivity contribution in [2.45, 2.75) is 51.2 Å². The van der Waals surface area contributed by atoms with Crippen LogP contribution in [-0.2, 0) is 9.84 Å². The van der Waals surface area contributed by atoms with E-state index in [9.17, 15) is 8.42 Å². The largest absolute Gasteiger partial charge is 0.311 e. The van der Waals surface area contributed by atoms with E-state index >= 15 is 0 Å². The quantitative estimate of drug-likeness (QED) is 0.812. The predicted molar refractivity (Wildman–Crippen MR) is 74.5 cm³/mol. The number of likely N-dealkylation sites (tertiary alicyclic amines) is 1. The van der Waals surface area contributed by atoms with E-state index in [0.29, 0.717) is 35.5 Å². The van der Waals surface area contributed by atoms with E-state index in [1.54, 1.807) is 0 Å². The molecule has 0 bridgehead atoms. The van der Waals surface area contributed by atoms with Crippen LogP contribution in [-0.4, -0.2) is 56.5 Å². The highest BCUT2D eigenvalue weighted by molar-refractivity contribution is 7.91. The first-order chi connectivity index (χ1) is 8.37. The summed E-state index contributed by atoms with van der Waals surface area (Å²) >= 11 is 0. The van der Waals surface area contributed by atoms with Crippen LogP contribution in [0.2, 0.25) is 0 Å². The molecule has 4 nitrogen and oxygen atoms in total. The van der Waals surface area contributed by atoms with Gasteiger partial charge in [0, 0.05) is 24.7 Å². The van der Waals surface area contributed by atoms with Crippen LogP contribution in [0, 0.1) is 5.92 Å². The average Bonchev–Trinajstić information content (AvgIpc) is 2.28. The van der Waals surface area contributed by atoms with E-state index in [1.807, 2.05) is 0 Å². The third-order valence-corrected chi connectivity index (χ3v) is 6.33. The van der Waals surface area contributed by atoms with Gasteiger partial charge < -0.3 is 10.2 Å². The molecule has 0 aliphatic carbocycles. The Morgan fingerprint density at radius 3 is 2.39 bits per heavy atom. The molecule has 2 aliphatic heterocycles.